The predicted octanol–water partition coefficient (Wildman–Crippen LogP) is 0.971. The summed E-state index contributed by atoms with van der Waals surface area (Å²) in [6.07, 6.45) is 5.13. The Morgan fingerprint density at radius 2 is 2.00 bits per heavy atom. The van der Waals surface area contributed by atoms with E-state index in [9.17, 15) is 0 Å². The maximum atomic E-state index is 4.28. The molecule has 0 aliphatic heterocycles. The average molecular weight is 264 g/mol. The topological polar surface area (TPSA) is 97.5 Å². The molecule has 0 amide bonds. The molecule has 4 rings (SSSR count). The summed E-state index contributed by atoms with van der Waals surface area (Å²) in [5.74, 6) is 0.444. The van der Waals surface area contributed by atoms with Gasteiger partial charge in [-0.1, -0.05) is 0 Å². The summed E-state index contributed by atoms with van der Waals surface area (Å²) in [5.41, 5.74) is 3.40. The zero-order chi connectivity index (χ0) is 13.4. The standard InChI is InChI=1S/C12H8N8/c1-3-15-20-4-2-8(5-9(1)20)10-6-11(14-7-13-10)12-16-18-19-17-12/h1-7H,(H,16,17,18,19). The number of rotatable bonds is 2. The lowest BCUT2D eigenvalue weighted by atomic mass is 10.1. The number of H-pyrrole nitrogens is 1. The monoisotopic (exact) mass is 264 g/mol. The quantitative estimate of drug-likeness (QED) is 0.579. The highest BCUT2D eigenvalue weighted by molar-refractivity contribution is 5.68. The van der Waals surface area contributed by atoms with Gasteiger partial charge in [0.1, 0.15) is 12.0 Å². The van der Waals surface area contributed by atoms with E-state index in [2.05, 4.69) is 35.7 Å². The van der Waals surface area contributed by atoms with Gasteiger partial charge in [0.05, 0.1) is 11.2 Å². The van der Waals surface area contributed by atoms with E-state index >= 15 is 0 Å². The van der Waals surface area contributed by atoms with Gasteiger partial charge in [0.2, 0.25) is 5.82 Å². The first-order valence-electron chi connectivity index (χ1n) is 5.90. The molecule has 4 aromatic heterocycles. The molecule has 0 aliphatic carbocycles. The van der Waals surface area contributed by atoms with Crippen molar-refractivity contribution in [2.75, 3.05) is 0 Å². The molecule has 4 heterocycles. The number of tetrazole rings is 1. The summed E-state index contributed by atoms with van der Waals surface area (Å²) in [5, 5.41) is 17.9. The molecule has 0 spiro atoms. The Balaban J connectivity index is 1.83. The van der Waals surface area contributed by atoms with Gasteiger partial charge in [0, 0.05) is 18.0 Å². The van der Waals surface area contributed by atoms with Gasteiger partial charge in [-0.15, -0.1) is 10.2 Å². The lowest BCUT2D eigenvalue weighted by Gasteiger charge is -2.02. The van der Waals surface area contributed by atoms with Crippen molar-refractivity contribution in [3.05, 3.63) is 43.0 Å². The maximum absolute atomic E-state index is 4.28. The summed E-state index contributed by atoms with van der Waals surface area (Å²) in [4.78, 5) is 8.43. The van der Waals surface area contributed by atoms with Crippen LogP contribution in [0, 0.1) is 0 Å². The minimum atomic E-state index is 0.444. The van der Waals surface area contributed by atoms with E-state index in [1.165, 1.54) is 6.33 Å². The first-order chi connectivity index (χ1) is 9.90. The summed E-state index contributed by atoms with van der Waals surface area (Å²) < 4.78 is 1.80. The molecule has 0 radical (unpaired) electrons. The highest BCUT2D eigenvalue weighted by Crippen LogP contribution is 2.21. The van der Waals surface area contributed by atoms with E-state index in [4.69, 9.17) is 0 Å². The fraction of sp³-hybridized carbons (Fsp3) is 0. The Morgan fingerprint density at radius 1 is 1.05 bits per heavy atom. The average Bonchev–Trinajstić information content (AvgIpc) is 3.18. The molecular weight excluding hydrogens is 256 g/mol. The molecule has 8 heteroatoms. The first kappa shape index (κ1) is 10.7. The first-order valence-corrected chi connectivity index (χ1v) is 5.90. The van der Waals surface area contributed by atoms with Gasteiger partial charge in [-0.2, -0.15) is 10.3 Å². The number of aromatic amines is 1. The van der Waals surface area contributed by atoms with Crippen molar-refractivity contribution in [1.29, 1.82) is 0 Å². The second kappa shape index (κ2) is 4.19. The largest absolute Gasteiger partial charge is 0.241 e. The van der Waals surface area contributed by atoms with Crippen molar-refractivity contribution in [3.63, 3.8) is 0 Å². The minimum Gasteiger partial charge on any atom is -0.241 e. The number of nitrogens with zero attached hydrogens (tertiary/aromatic N) is 7. The van der Waals surface area contributed by atoms with Crippen molar-refractivity contribution in [2.24, 2.45) is 0 Å². The van der Waals surface area contributed by atoms with Crippen LogP contribution in [0.25, 0.3) is 28.3 Å². The fourth-order valence-electron chi connectivity index (χ4n) is 1.99. The van der Waals surface area contributed by atoms with Gasteiger partial charge in [-0.3, -0.25) is 0 Å². The van der Waals surface area contributed by atoms with Crippen LogP contribution in [0.4, 0.5) is 0 Å². The Bertz CT molecular complexity index is 864. The van der Waals surface area contributed by atoms with Crippen molar-refractivity contribution in [2.45, 2.75) is 0 Å². The summed E-state index contributed by atoms with van der Waals surface area (Å²) in [6.45, 7) is 0. The molecule has 8 nitrogen and oxygen atoms in total. The molecule has 20 heavy (non-hydrogen) atoms. The van der Waals surface area contributed by atoms with E-state index in [-0.39, 0.29) is 0 Å². The lowest BCUT2D eigenvalue weighted by molar-refractivity contribution is 0.881. The normalized spacial score (nSPS) is 11.0. The molecule has 0 saturated heterocycles. The Hall–Kier alpha value is -3.16. The third-order valence-electron chi connectivity index (χ3n) is 2.94. The molecule has 96 valence electrons. The summed E-state index contributed by atoms with van der Waals surface area (Å²) >= 11 is 0. The number of nitrogens with one attached hydrogen (secondary N) is 1. The van der Waals surface area contributed by atoms with Crippen molar-refractivity contribution >= 4 is 5.52 Å². The van der Waals surface area contributed by atoms with E-state index in [0.29, 0.717) is 11.5 Å². The Labute approximate surface area is 112 Å². The van der Waals surface area contributed by atoms with Gasteiger partial charge in [-0.25, -0.2) is 14.5 Å². The van der Waals surface area contributed by atoms with E-state index < -0.39 is 0 Å². The maximum Gasteiger partial charge on any atom is 0.223 e. The molecule has 4 aromatic rings. The predicted molar refractivity (Wildman–Crippen MR) is 69.4 cm³/mol. The van der Waals surface area contributed by atoms with E-state index in [1.54, 1.807) is 10.7 Å². The van der Waals surface area contributed by atoms with Crippen LogP contribution in [0.5, 0.6) is 0 Å². The minimum absolute atomic E-state index is 0.444. The Morgan fingerprint density at radius 3 is 2.90 bits per heavy atom. The zero-order valence-electron chi connectivity index (χ0n) is 10.2. The lowest BCUT2D eigenvalue weighted by Crippen LogP contribution is -1.92. The van der Waals surface area contributed by atoms with Crippen molar-refractivity contribution < 1.29 is 0 Å². The fourth-order valence-corrected chi connectivity index (χ4v) is 1.99. The molecule has 0 bridgehead atoms. The van der Waals surface area contributed by atoms with Crippen molar-refractivity contribution in [1.82, 2.24) is 40.2 Å². The number of hydrogen-bond acceptors (Lipinski definition) is 6. The van der Waals surface area contributed by atoms with Gasteiger partial charge in [-0.05, 0) is 29.5 Å². The summed E-state index contributed by atoms with van der Waals surface area (Å²) in [6, 6.07) is 7.72. The third-order valence-corrected chi connectivity index (χ3v) is 2.94. The highest BCUT2D eigenvalue weighted by Gasteiger charge is 2.08. The summed E-state index contributed by atoms with van der Waals surface area (Å²) in [7, 11) is 0. The second-order valence-corrected chi connectivity index (χ2v) is 4.14. The van der Waals surface area contributed by atoms with Crippen LogP contribution in [0.15, 0.2) is 43.0 Å². The van der Waals surface area contributed by atoms with Gasteiger partial charge < -0.3 is 0 Å². The molecule has 0 unspecified atom stereocenters. The van der Waals surface area contributed by atoms with E-state index in [1.807, 2.05) is 30.5 Å². The van der Waals surface area contributed by atoms with Gasteiger partial charge in [0.15, 0.2) is 0 Å². The van der Waals surface area contributed by atoms with Gasteiger partial charge in [0.25, 0.3) is 0 Å². The second-order valence-electron chi connectivity index (χ2n) is 4.14. The molecule has 0 aromatic carbocycles. The van der Waals surface area contributed by atoms with Crippen LogP contribution < -0.4 is 0 Å². The number of aromatic nitrogens is 8. The Kier molecular flexibility index (Phi) is 2.25. The number of pyridine rings is 1. The highest BCUT2D eigenvalue weighted by atomic mass is 15.5. The molecular formula is C12H8N8. The van der Waals surface area contributed by atoms with Crippen LogP contribution in [0.2, 0.25) is 0 Å². The van der Waals surface area contributed by atoms with Crippen LogP contribution in [0.1, 0.15) is 0 Å². The third kappa shape index (κ3) is 1.70. The van der Waals surface area contributed by atoms with Crippen LogP contribution in [-0.2, 0) is 0 Å². The molecule has 0 aliphatic rings. The molecule has 0 saturated carbocycles. The zero-order valence-corrected chi connectivity index (χ0v) is 10.2. The smallest absolute Gasteiger partial charge is 0.223 e. The molecule has 0 fully saturated rings. The van der Waals surface area contributed by atoms with Gasteiger partial charge >= 0.3 is 0 Å². The van der Waals surface area contributed by atoms with Crippen LogP contribution in [-0.4, -0.2) is 40.2 Å². The van der Waals surface area contributed by atoms with Crippen molar-refractivity contribution in [3.8, 4) is 22.8 Å². The number of hydrogen-bond donors (Lipinski definition) is 1. The number of fused-ring (bicyclic) bond motifs is 1. The van der Waals surface area contributed by atoms with E-state index in [0.717, 1.165) is 16.8 Å². The molecule has 1 N–H and O–H groups in total. The van der Waals surface area contributed by atoms with Crippen LogP contribution in [0.3, 0.4) is 0 Å². The SMILES string of the molecule is c1nc(-c2ccn3nccc3c2)cc(-c2nn[nH]n2)n1. The van der Waals surface area contributed by atoms with Crippen LogP contribution >= 0.6 is 0 Å². The molecule has 0 atom stereocenters.